The molecule has 1 atom stereocenters. The molecule has 108 valence electrons. The molecule has 1 aliphatic rings. The Hall–Kier alpha value is -2.01. The van der Waals surface area contributed by atoms with Gasteiger partial charge < -0.3 is 10.6 Å². The van der Waals surface area contributed by atoms with Gasteiger partial charge in [0.05, 0.1) is 0 Å². The number of nitrogens with zero attached hydrogens (tertiary/aromatic N) is 1. The summed E-state index contributed by atoms with van der Waals surface area (Å²) >= 11 is 4.78. The summed E-state index contributed by atoms with van der Waals surface area (Å²) in [6, 6.07) is 10.0. The van der Waals surface area contributed by atoms with Crippen LogP contribution in [-0.4, -0.2) is 11.0 Å². The van der Waals surface area contributed by atoms with Crippen molar-refractivity contribution < 1.29 is 8.78 Å². The maximum absolute atomic E-state index is 14.4. The zero-order chi connectivity index (χ0) is 15.1. The Bertz CT molecular complexity index is 707. The van der Waals surface area contributed by atoms with E-state index in [1.54, 1.807) is 4.90 Å². The fraction of sp³-hybridized carbons (Fsp3) is 0.188. The quantitative estimate of drug-likeness (QED) is 0.858. The van der Waals surface area contributed by atoms with Crippen molar-refractivity contribution in [2.75, 3.05) is 4.90 Å². The van der Waals surface area contributed by atoms with E-state index >= 15 is 0 Å². The van der Waals surface area contributed by atoms with Crippen molar-refractivity contribution in [3.8, 4) is 0 Å². The molecule has 0 saturated heterocycles. The number of nitrogens with two attached hydrogens (primary N) is 1. The summed E-state index contributed by atoms with van der Waals surface area (Å²) in [5.74, 6) is -1.30. The smallest absolute Gasteiger partial charge is 0.150 e. The molecule has 2 nitrogen and oxygen atoms in total. The molecule has 3 rings (SSSR count). The molecule has 0 fully saturated rings. The summed E-state index contributed by atoms with van der Waals surface area (Å²) in [5.41, 5.74) is 7.52. The minimum Gasteiger partial charge on any atom is -0.389 e. The lowest BCUT2D eigenvalue weighted by Gasteiger charge is -2.26. The van der Waals surface area contributed by atoms with Gasteiger partial charge in [-0.2, -0.15) is 0 Å². The second-order valence-electron chi connectivity index (χ2n) is 5.20. The summed E-state index contributed by atoms with van der Waals surface area (Å²) in [6.07, 6.45) is 0.756. The van der Waals surface area contributed by atoms with Crippen LogP contribution in [0.3, 0.4) is 0 Å². The average molecular weight is 304 g/mol. The van der Waals surface area contributed by atoms with Crippen LogP contribution in [-0.2, 0) is 6.42 Å². The second-order valence-corrected chi connectivity index (χ2v) is 5.64. The van der Waals surface area contributed by atoms with Crippen LogP contribution in [0.25, 0.3) is 0 Å². The fourth-order valence-corrected chi connectivity index (χ4v) is 2.96. The lowest BCUT2D eigenvalue weighted by Crippen LogP contribution is -2.26. The molecule has 5 heteroatoms. The molecule has 0 saturated carbocycles. The molecule has 2 aromatic carbocycles. The Labute approximate surface area is 127 Å². The Morgan fingerprint density at radius 1 is 1.24 bits per heavy atom. The van der Waals surface area contributed by atoms with Crippen molar-refractivity contribution in [3.63, 3.8) is 0 Å². The minimum absolute atomic E-state index is 0.0120. The molecule has 0 radical (unpaired) electrons. The van der Waals surface area contributed by atoms with Gasteiger partial charge in [0.25, 0.3) is 0 Å². The molecule has 0 bridgehead atoms. The number of thiocarbonyl (C=S) groups is 1. The number of benzene rings is 2. The highest BCUT2D eigenvalue weighted by Crippen LogP contribution is 2.40. The molecule has 0 spiro atoms. The van der Waals surface area contributed by atoms with Gasteiger partial charge in [-0.25, -0.2) is 8.78 Å². The standard InChI is InChI=1S/C16H14F2N2S/c1-9-6-10-4-2-3-5-14(10)20(9)15-12(17)7-11(16(19)21)8-13(15)18/h2-5,7-9H,6H2,1H3,(H2,19,21). The van der Waals surface area contributed by atoms with Crippen molar-refractivity contribution in [3.05, 3.63) is 59.2 Å². The lowest BCUT2D eigenvalue weighted by atomic mass is 10.1. The number of anilines is 2. The molecule has 1 aliphatic heterocycles. The summed E-state index contributed by atoms with van der Waals surface area (Å²) in [4.78, 5) is 1.68. The normalized spacial score (nSPS) is 16.9. The second kappa shape index (κ2) is 5.07. The highest BCUT2D eigenvalue weighted by molar-refractivity contribution is 7.80. The maximum Gasteiger partial charge on any atom is 0.150 e. The van der Waals surface area contributed by atoms with Crippen LogP contribution in [0.1, 0.15) is 18.1 Å². The first-order valence-corrected chi connectivity index (χ1v) is 7.06. The molecule has 0 aliphatic carbocycles. The summed E-state index contributed by atoms with van der Waals surface area (Å²) in [6.45, 7) is 1.94. The summed E-state index contributed by atoms with van der Waals surface area (Å²) < 4.78 is 28.8. The fourth-order valence-electron chi connectivity index (χ4n) is 2.84. The van der Waals surface area contributed by atoms with Crippen molar-refractivity contribution in [2.24, 2.45) is 5.73 Å². The van der Waals surface area contributed by atoms with E-state index in [4.69, 9.17) is 18.0 Å². The highest BCUT2D eigenvalue weighted by atomic mass is 32.1. The van der Waals surface area contributed by atoms with Gasteiger partial charge in [0.2, 0.25) is 0 Å². The SMILES string of the molecule is CC1Cc2ccccc2N1c1c(F)cc(C(N)=S)cc1F. The molecular weight excluding hydrogens is 290 g/mol. The van der Waals surface area contributed by atoms with E-state index in [1.165, 1.54) is 12.1 Å². The van der Waals surface area contributed by atoms with E-state index in [1.807, 2.05) is 31.2 Å². The first-order valence-electron chi connectivity index (χ1n) is 6.65. The van der Waals surface area contributed by atoms with E-state index in [9.17, 15) is 8.78 Å². The Balaban J connectivity index is 2.15. The molecule has 2 N–H and O–H groups in total. The number of fused-ring (bicyclic) bond motifs is 1. The lowest BCUT2D eigenvalue weighted by molar-refractivity contribution is 0.572. The topological polar surface area (TPSA) is 29.3 Å². The van der Waals surface area contributed by atoms with E-state index in [0.29, 0.717) is 0 Å². The number of halogens is 2. The Morgan fingerprint density at radius 2 is 1.86 bits per heavy atom. The number of hydrogen-bond acceptors (Lipinski definition) is 2. The van der Waals surface area contributed by atoms with E-state index in [-0.39, 0.29) is 22.3 Å². The maximum atomic E-state index is 14.4. The predicted molar refractivity (Wildman–Crippen MR) is 84.0 cm³/mol. The van der Waals surface area contributed by atoms with Crippen molar-refractivity contribution in [2.45, 2.75) is 19.4 Å². The zero-order valence-electron chi connectivity index (χ0n) is 11.4. The van der Waals surface area contributed by atoms with Crippen molar-refractivity contribution >= 4 is 28.6 Å². The van der Waals surface area contributed by atoms with Crippen LogP contribution in [0.5, 0.6) is 0 Å². The molecule has 0 aromatic heterocycles. The first kappa shape index (κ1) is 13.9. The molecule has 0 amide bonds. The molecule has 1 heterocycles. The van der Waals surface area contributed by atoms with Gasteiger partial charge in [-0.15, -0.1) is 0 Å². The van der Waals surface area contributed by atoms with Gasteiger partial charge in [-0.3, -0.25) is 0 Å². The van der Waals surface area contributed by atoms with Gasteiger partial charge in [-0.05, 0) is 37.1 Å². The molecule has 1 unspecified atom stereocenters. The molecule has 2 aromatic rings. The van der Waals surface area contributed by atoms with E-state index in [2.05, 4.69) is 0 Å². The third-order valence-corrected chi connectivity index (χ3v) is 3.99. The number of rotatable bonds is 2. The predicted octanol–water partition coefficient (Wildman–Crippen LogP) is 3.68. The van der Waals surface area contributed by atoms with Crippen molar-refractivity contribution in [1.29, 1.82) is 0 Å². The van der Waals surface area contributed by atoms with Gasteiger partial charge in [0.15, 0.2) is 11.6 Å². The van der Waals surface area contributed by atoms with Gasteiger partial charge in [0.1, 0.15) is 10.7 Å². The third-order valence-electron chi connectivity index (χ3n) is 3.75. The van der Waals surface area contributed by atoms with Crippen LogP contribution >= 0.6 is 12.2 Å². The average Bonchev–Trinajstić information content (AvgIpc) is 2.74. The van der Waals surface area contributed by atoms with Crippen molar-refractivity contribution in [1.82, 2.24) is 0 Å². The van der Waals surface area contributed by atoms with E-state index in [0.717, 1.165) is 17.7 Å². The van der Waals surface area contributed by atoms with Crippen LogP contribution in [0.15, 0.2) is 36.4 Å². The van der Waals surface area contributed by atoms with Crippen LogP contribution < -0.4 is 10.6 Å². The van der Waals surface area contributed by atoms with E-state index < -0.39 is 11.6 Å². The summed E-state index contributed by atoms with van der Waals surface area (Å²) in [7, 11) is 0. The highest BCUT2D eigenvalue weighted by Gasteiger charge is 2.31. The zero-order valence-corrected chi connectivity index (χ0v) is 12.3. The molecular formula is C16H14F2N2S. The van der Waals surface area contributed by atoms with Crippen LogP contribution in [0, 0.1) is 11.6 Å². The monoisotopic (exact) mass is 304 g/mol. The van der Waals surface area contributed by atoms with Gasteiger partial charge >= 0.3 is 0 Å². The Morgan fingerprint density at radius 3 is 2.48 bits per heavy atom. The third kappa shape index (κ3) is 2.27. The number of hydrogen-bond donors (Lipinski definition) is 1. The largest absolute Gasteiger partial charge is 0.389 e. The van der Waals surface area contributed by atoms with Gasteiger partial charge in [0, 0.05) is 17.3 Å². The Kier molecular flexibility index (Phi) is 3.37. The van der Waals surface area contributed by atoms with Gasteiger partial charge in [-0.1, -0.05) is 30.4 Å². The first-order chi connectivity index (χ1) is 9.99. The molecule has 21 heavy (non-hydrogen) atoms. The van der Waals surface area contributed by atoms with Crippen LogP contribution in [0.4, 0.5) is 20.2 Å². The van der Waals surface area contributed by atoms with Crippen LogP contribution in [0.2, 0.25) is 0 Å². The summed E-state index contributed by atoms with van der Waals surface area (Å²) in [5, 5.41) is 0. The number of para-hydroxylation sites is 1. The minimum atomic E-state index is -0.652.